The van der Waals surface area contributed by atoms with Crippen LogP contribution in [0.5, 0.6) is 0 Å². The van der Waals surface area contributed by atoms with Gasteiger partial charge in [-0.25, -0.2) is 8.42 Å². The number of carbonyl (C=O) groups is 1. The van der Waals surface area contributed by atoms with Crippen LogP contribution >= 0.6 is 0 Å². The maximum atomic E-state index is 13.4. The van der Waals surface area contributed by atoms with Crippen molar-refractivity contribution in [2.24, 2.45) is 5.92 Å². The SMILES string of the molecule is Cc1ccc(S(=O)(=O)N2CCCC(C(=O)N3CCN(c4cc(C)nc5ccccc45)CC3)C2)cc1. The van der Waals surface area contributed by atoms with Gasteiger partial charge in [0.2, 0.25) is 15.9 Å². The van der Waals surface area contributed by atoms with Crippen molar-refractivity contribution in [1.29, 1.82) is 0 Å². The van der Waals surface area contributed by atoms with E-state index in [1.165, 1.54) is 4.31 Å². The first kappa shape index (κ1) is 23.8. The first-order valence-electron chi connectivity index (χ1n) is 12.3. The van der Waals surface area contributed by atoms with Crippen LogP contribution in [0.25, 0.3) is 10.9 Å². The average Bonchev–Trinajstić information content (AvgIpc) is 2.88. The van der Waals surface area contributed by atoms with E-state index in [2.05, 4.69) is 22.0 Å². The Bertz CT molecular complexity index is 1330. The quantitative estimate of drug-likeness (QED) is 0.556. The van der Waals surface area contributed by atoms with E-state index in [1.54, 1.807) is 12.1 Å². The highest BCUT2D eigenvalue weighted by Crippen LogP contribution is 2.29. The van der Waals surface area contributed by atoms with Crippen LogP contribution in [0.15, 0.2) is 59.5 Å². The van der Waals surface area contributed by atoms with Crippen molar-refractivity contribution in [2.45, 2.75) is 31.6 Å². The fourth-order valence-electron chi connectivity index (χ4n) is 5.19. The summed E-state index contributed by atoms with van der Waals surface area (Å²) in [6.45, 7) is 7.42. The third kappa shape index (κ3) is 4.77. The smallest absolute Gasteiger partial charge is 0.243 e. The van der Waals surface area contributed by atoms with Crippen molar-refractivity contribution >= 4 is 32.5 Å². The number of sulfonamides is 1. The number of pyridine rings is 1. The van der Waals surface area contributed by atoms with Crippen LogP contribution in [0, 0.1) is 19.8 Å². The maximum absolute atomic E-state index is 13.4. The van der Waals surface area contributed by atoms with E-state index < -0.39 is 10.0 Å². The summed E-state index contributed by atoms with van der Waals surface area (Å²) in [6.07, 6.45) is 1.43. The number of aryl methyl sites for hydroxylation is 2. The van der Waals surface area contributed by atoms with Crippen molar-refractivity contribution in [2.75, 3.05) is 44.2 Å². The molecule has 2 aromatic carbocycles. The van der Waals surface area contributed by atoms with Gasteiger partial charge >= 0.3 is 0 Å². The molecular weight excluding hydrogens is 460 g/mol. The van der Waals surface area contributed by atoms with Gasteiger partial charge < -0.3 is 9.80 Å². The van der Waals surface area contributed by atoms with Crippen molar-refractivity contribution in [3.05, 3.63) is 65.9 Å². The second-order valence-electron chi connectivity index (χ2n) is 9.63. The van der Waals surface area contributed by atoms with Gasteiger partial charge in [0.25, 0.3) is 0 Å². The zero-order chi connectivity index (χ0) is 24.6. The first-order chi connectivity index (χ1) is 16.8. The predicted octanol–water partition coefficient (Wildman–Crippen LogP) is 3.60. The molecule has 8 heteroatoms. The number of aromatic nitrogens is 1. The molecule has 1 aromatic heterocycles. The van der Waals surface area contributed by atoms with Gasteiger partial charge in [0.05, 0.1) is 16.3 Å². The number of amides is 1. The molecule has 0 N–H and O–H groups in total. The molecule has 2 aliphatic heterocycles. The second kappa shape index (κ2) is 9.59. The van der Waals surface area contributed by atoms with Crippen LogP contribution in [0.2, 0.25) is 0 Å². The number of piperidine rings is 1. The van der Waals surface area contributed by atoms with E-state index >= 15 is 0 Å². The third-order valence-electron chi connectivity index (χ3n) is 7.15. The summed E-state index contributed by atoms with van der Waals surface area (Å²) in [5.74, 6) is -0.219. The largest absolute Gasteiger partial charge is 0.367 e. The molecule has 184 valence electrons. The highest BCUT2D eigenvalue weighted by Gasteiger charge is 2.36. The summed E-state index contributed by atoms with van der Waals surface area (Å²) in [7, 11) is -3.60. The predicted molar refractivity (Wildman–Crippen MR) is 138 cm³/mol. The van der Waals surface area contributed by atoms with Crippen LogP contribution in [-0.4, -0.2) is 67.8 Å². The Morgan fingerprint density at radius 3 is 2.40 bits per heavy atom. The Kier molecular flexibility index (Phi) is 6.51. The number of nitrogens with zero attached hydrogens (tertiary/aromatic N) is 4. The first-order valence-corrected chi connectivity index (χ1v) is 13.7. The summed E-state index contributed by atoms with van der Waals surface area (Å²) in [5, 5.41) is 1.13. The number of hydrogen-bond donors (Lipinski definition) is 0. The van der Waals surface area contributed by atoms with Crippen LogP contribution < -0.4 is 4.90 Å². The van der Waals surface area contributed by atoms with Crippen LogP contribution in [0.3, 0.4) is 0 Å². The van der Waals surface area contributed by atoms with Gasteiger partial charge in [0.1, 0.15) is 0 Å². The lowest BCUT2D eigenvalue weighted by molar-refractivity contribution is -0.137. The molecule has 2 saturated heterocycles. The Hall–Kier alpha value is -2.97. The van der Waals surface area contributed by atoms with E-state index in [0.717, 1.165) is 47.4 Å². The van der Waals surface area contributed by atoms with E-state index in [1.807, 2.05) is 49.1 Å². The van der Waals surface area contributed by atoms with Crippen LogP contribution in [0.1, 0.15) is 24.1 Å². The summed E-state index contributed by atoms with van der Waals surface area (Å²) in [5.41, 5.74) is 4.14. The minimum absolute atomic E-state index is 0.0734. The lowest BCUT2D eigenvalue weighted by Crippen LogP contribution is -2.53. The van der Waals surface area contributed by atoms with Gasteiger partial charge in [-0.2, -0.15) is 4.31 Å². The van der Waals surface area contributed by atoms with E-state index in [9.17, 15) is 13.2 Å². The Balaban J connectivity index is 1.25. The molecule has 3 heterocycles. The number of fused-ring (bicyclic) bond motifs is 1. The number of para-hydroxylation sites is 1. The van der Waals surface area contributed by atoms with E-state index in [4.69, 9.17) is 0 Å². The minimum Gasteiger partial charge on any atom is -0.367 e. The molecule has 1 atom stereocenters. The lowest BCUT2D eigenvalue weighted by atomic mass is 9.97. The molecular formula is C27H32N4O3S. The lowest BCUT2D eigenvalue weighted by Gasteiger charge is -2.39. The van der Waals surface area contributed by atoms with Crippen molar-refractivity contribution in [3.63, 3.8) is 0 Å². The molecule has 0 bridgehead atoms. The van der Waals surface area contributed by atoms with Gasteiger partial charge in [-0.05, 0) is 51.0 Å². The molecule has 0 saturated carbocycles. The Morgan fingerprint density at radius 2 is 1.66 bits per heavy atom. The van der Waals surface area contributed by atoms with Gasteiger partial charge in [0.15, 0.2) is 0 Å². The van der Waals surface area contributed by atoms with Gasteiger partial charge in [-0.3, -0.25) is 9.78 Å². The number of piperazine rings is 1. The number of rotatable bonds is 4. The van der Waals surface area contributed by atoms with Crippen molar-refractivity contribution in [1.82, 2.24) is 14.2 Å². The molecule has 0 spiro atoms. The van der Waals surface area contributed by atoms with Crippen molar-refractivity contribution < 1.29 is 13.2 Å². The van der Waals surface area contributed by atoms with Crippen LogP contribution in [0.4, 0.5) is 5.69 Å². The molecule has 5 rings (SSSR count). The van der Waals surface area contributed by atoms with Crippen molar-refractivity contribution in [3.8, 4) is 0 Å². The summed E-state index contributed by atoms with van der Waals surface area (Å²) >= 11 is 0. The maximum Gasteiger partial charge on any atom is 0.243 e. The van der Waals surface area contributed by atoms with Gasteiger partial charge in [-0.15, -0.1) is 0 Å². The molecule has 2 fully saturated rings. The normalized spacial score (nSPS) is 19.8. The highest BCUT2D eigenvalue weighted by molar-refractivity contribution is 7.89. The highest BCUT2D eigenvalue weighted by atomic mass is 32.2. The molecule has 35 heavy (non-hydrogen) atoms. The second-order valence-corrected chi connectivity index (χ2v) is 11.6. The number of hydrogen-bond acceptors (Lipinski definition) is 5. The van der Waals surface area contributed by atoms with Crippen LogP contribution in [-0.2, 0) is 14.8 Å². The number of benzene rings is 2. The molecule has 3 aromatic rings. The molecule has 0 radical (unpaired) electrons. The molecule has 2 aliphatic rings. The minimum atomic E-state index is -3.60. The number of anilines is 1. The fourth-order valence-corrected chi connectivity index (χ4v) is 6.72. The third-order valence-corrected chi connectivity index (χ3v) is 9.03. The van der Waals surface area contributed by atoms with Gasteiger partial charge in [-0.1, -0.05) is 35.9 Å². The molecule has 0 aliphatic carbocycles. The Labute approximate surface area is 207 Å². The van der Waals surface area contributed by atoms with E-state index in [-0.39, 0.29) is 18.4 Å². The standard InChI is InChI=1S/C27H32N4O3S/c1-20-9-11-23(12-10-20)35(33,34)31-13-5-6-22(19-31)27(32)30-16-14-29(15-17-30)26-18-21(2)28-25-8-4-3-7-24(25)26/h3-4,7-12,18,22H,5-6,13-17,19H2,1-2H3. The summed E-state index contributed by atoms with van der Waals surface area (Å²) < 4.78 is 27.8. The monoisotopic (exact) mass is 492 g/mol. The van der Waals surface area contributed by atoms with E-state index in [0.29, 0.717) is 31.0 Å². The summed E-state index contributed by atoms with van der Waals surface area (Å²) in [6, 6.07) is 17.2. The zero-order valence-corrected chi connectivity index (χ0v) is 21.2. The summed E-state index contributed by atoms with van der Waals surface area (Å²) in [4.78, 5) is 22.6. The topological polar surface area (TPSA) is 73.8 Å². The fraction of sp³-hybridized carbons (Fsp3) is 0.407. The zero-order valence-electron chi connectivity index (χ0n) is 20.4. The molecule has 7 nitrogen and oxygen atoms in total. The molecule has 1 amide bonds. The molecule has 1 unspecified atom stereocenters. The Morgan fingerprint density at radius 1 is 0.943 bits per heavy atom. The average molecular weight is 493 g/mol. The van der Waals surface area contributed by atoms with Gasteiger partial charge in [0, 0.05) is 56.0 Å². The number of carbonyl (C=O) groups excluding carboxylic acids is 1.